The van der Waals surface area contributed by atoms with Crippen molar-refractivity contribution in [1.82, 2.24) is 0 Å². The van der Waals surface area contributed by atoms with Gasteiger partial charge in [0.25, 0.3) is 0 Å². The van der Waals surface area contributed by atoms with Crippen LogP contribution in [0.15, 0.2) is 12.8 Å². The zero-order valence-electron chi connectivity index (χ0n) is 13.9. The molecular formula is C14H30O4Si. The highest BCUT2D eigenvalue weighted by atomic mass is 28.4. The molecule has 5 heteroatoms. The van der Waals surface area contributed by atoms with Gasteiger partial charge in [-0.15, -0.1) is 0 Å². The van der Waals surface area contributed by atoms with E-state index in [0.717, 1.165) is 0 Å². The Morgan fingerprint density at radius 1 is 0.684 bits per heavy atom. The molecular weight excluding hydrogens is 260 g/mol. The van der Waals surface area contributed by atoms with E-state index in [1.54, 1.807) is 0 Å². The van der Waals surface area contributed by atoms with Gasteiger partial charge in [-0.3, -0.25) is 0 Å². The summed E-state index contributed by atoms with van der Waals surface area (Å²) in [6, 6.07) is 0. The molecule has 0 bridgehead atoms. The van der Waals surface area contributed by atoms with E-state index in [2.05, 4.69) is 6.58 Å². The fraction of sp³-hybridized carbons (Fsp3) is 0.857. The fourth-order valence-corrected chi connectivity index (χ4v) is 4.09. The topological polar surface area (TPSA) is 36.9 Å². The Labute approximate surface area is 119 Å². The van der Waals surface area contributed by atoms with Crippen molar-refractivity contribution in [3.63, 3.8) is 0 Å². The highest BCUT2D eigenvalue weighted by Crippen LogP contribution is 2.29. The molecule has 0 aliphatic rings. The molecule has 0 saturated carbocycles. The van der Waals surface area contributed by atoms with Crippen LogP contribution in [0.25, 0.3) is 0 Å². The first-order chi connectivity index (χ1) is 8.18. The molecule has 19 heavy (non-hydrogen) atoms. The van der Waals surface area contributed by atoms with E-state index in [1.165, 1.54) is 6.26 Å². The molecule has 0 rings (SSSR count). The van der Waals surface area contributed by atoms with Crippen molar-refractivity contribution in [1.29, 1.82) is 0 Å². The van der Waals surface area contributed by atoms with Crippen molar-refractivity contribution >= 4 is 9.05 Å². The molecule has 0 N–H and O–H groups in total. The van der Waals surface area contributed by atoms with Crippen LogP contribution in [0.1, 0.15) is 62.3 Å². The van der Waals surface area contributed by atoms with Crippen LogP contribution < -0.4 is 0 Å². The third kappa shape index (κ3) is 9.21. The van der Waals surface area contributed by atoms with Crippen molar-refractivity contribution in [2.24, 2.45) is 0 Å². The standard InChI is InChI=1S/C14H30O4Si/c1-11-15-19(16-12(2,3)4,17-13(5,6)7)18-14(8,9)10/h11H,1H2,2-10H3. The van der Waals surface area contributed by atoms with Crippen LogP contribution in [0.5, 0.6) is 0 Å². The molecule has 114 valence electrons. The Balaban J connectivity index is 5.40. The smallest absolute Gasteiger partial charge is 0.487 e. The molecule has 0 amide bonds. The van der Waals surface area contributed by atoms with E-state index >= 15 is 0 Å². The van der Waals surface area contributed by atoms with Gasteiger partial charge in [0.05, 0.1) is 23.1 Å². The predicted molar refractivity (Wildman–Crippen MR) is 79.6 cm³/mol. The highest BCUT2D eigenvalue weighted by molar-refractivity contribution is 6.54. The summed E-state index contributed by atoms with van der Waals surface area (Å²) in [6.45, 7) is 21.1. The summed E-state index contributed by atoms with van der Waals surface area (Å²) in [6.07, 6.45) is 1.33. The number of hydrogen-bond donors (Lipinski definition) is 0. The lowest BCUT2D eigenvalue weighted by molar-refractivity contribution is -0.121. The van der Waals surface area contributed by atoms with E-state index in [-0.39, 0.29) is 0 Å². The molecule has 0 heterocycles. The normalized spacial score (nSPS) is 14.4. The van der Waals surface area contributed by atoms with Crippen molar-refractivity contribution in [3.8, 4) is 0 Å². The fourth-order valence-electron chi connectivity index (χ4n) is 1.36. The Hall–Kier alpha value is -0.363. The van der Waals surface area contributed by atoms with Gasteiger partial charge in [-0.1, -0.05) is 6.58 Å². The average molecular weight is 290 g/mol. The molecule has 4 nitrogen and oxygen atoms in total. The van der Waals surface area contributed by atoms with Gasteiger partial charge in [0, 0.05) is 0 Å². The minimum Gasteiger partial charge on any atom is -0.487 e. The molecule has 0 atom stereocenters. The van der Waals surface area contributed by atoms with E-state index in [0.29, 0.717) is 0 Å². The molecule has 0 aromatic carbocycles. The molecule has 0 aliphatic carbocycles. The third-order valence-corrected chi connectivity index (χ3v) is 4.56. The Kier molecular flexibility index (Phi) is 5.84. The maximum Gasteiger partial charge on any atom is 0.750 e. The summed E-state index contributed by atoms with van der Waals surface area (Å²) in [5, 5.41) is 0. The number of hydrogen-bond acceptors (Lipinski definition) is 4. The maximum absolute atomic E-state index is 6.02. The summed E-state index contributed by atoms with van der Waals surface area (Å²) in [7, 11) is -3.32. The summed E-state index contributed by atoms with van der Waals surface area (Å²) in [4.78, 5) is 0. The Morgan fingerprint density at radius 2 is 0.947 bits per heavy atom. The van der Waals surface area contributed by atoms with Crippen LogP contribution in [0.2, 0.25) is 0 Å². The predicted octanol–water partition coefficient (Wildman–Crippen LogP) is 4.03. The maximum atomic E-state index is 6.02. The molecule has 0 radical (unpaired) electrons. The van der Waals surface area contributed by atoms with Crippen molar-refractivity contribution < 1.29 is 17.7 Å². The first-order valence-electron chi connectivity index (χ1n) is 6.57. The largest absolute Gasteiger partial charge is 0.750 e. The monoisotopic (exact) mass is 290 g/mol. The third-order valence-electron chi connectivity index (χ3n) is 1.52. The molecule has 0 aromatic heterocycles. The summed E-state index contributed by atoms with van der Waals surface area (Å²) in [5.41, 5.74) is -1.32. The van der Waals surface area contributed by atoms with Gasteiger partial charge in [0.1, 0.15) is 0 Å². The molecule has 0 saturated heterocycles. The first kappa shape index (κ1) is 18.6. The van der Waals surface area contributed by atoms with Crippen molar-refractivity contribution in [2.45, 2.75) is 79.1 Å². The van der Waals surface area contributed by atoms with E-state index < -0.39 is 25.9 Å². The highest BCUT2D eigenvalue weighted by Gasteiger charge is 2.55. The van der Waals surface area contributed by atoms with Gasteiger partial charge in [-0.25, -0.2) is 0 Å². The van der Waals surface area contributed by atoms with Gasteiger partial charge >= 0.3 is 9.05 Å². The molecule has 0 fully saturated rings. The first-order valence-corrected chi connectivity index (χ1v) is 8.21. The van der Waals surface area contributed by atoms with Gasteiger partial charge < -0.3 is 17.7 Å². The lowest BCUT2D eigenvalue weighted by atomic mass is 10.2. The van der Waals surface area contributed by atoms with E-state index in [1.807, 2.05) is 62.3 Å². The Morgan fingerprint density at radius 3 is 1.11 bits per heavy atom. The van der Waals surface area contributed by atoms with Crippen LogP contribution >= 0.6 is 0 Å². The lowest BCUT2D eigenvalue weighted by Crippen LogP contribution is -2.58. The Bertz CT molecular complexity index is 253. The second kappa shape index (κ2) is 5.95. The zero-order valence-corrected chi connectivity index (χ0v) is 14.9. The van der Waals surface area contributed by atoms with Gasteiger partial charge in [0.2, 0.25) is 0 Å². The van der Waals surface area contributed by atoms with Crippen LogP contribution in [-0.4, -0.2) is 25.9 Å². The second-order valence-electron chi connectivity index (χ2n) is 7.43. The van der Waals surface area contributed by atoms with Gasteiger partial charge in [-0.2, -0.15) is 0 Å². The average Bonchev–Trinajstić information content (AvgIpc) is 1.90. The van der Waals surface area contributed by atoms with Gasteiger partial charge in [-0.05, 0) is 62.3 Å². The minimum absolute atomic E-state index is 0.439. The van der Waals surface area contributed by atoms with Crippen molar-refractivity contribution in [2.75, 3.05) is 0 Å². The van der Waals surface area contributed by atoms with Gasteiger partial charge in [0.15, 0.2) is 0 Å². The van der Waals surface area contributed by atoms with E-state index in [9.17, 15) is 0 Å². The van der Waals surface area contributed by atoms with Crippen LogP contribution in [0, 0.1) is 0 Å². The molecule has 0 spiro atoms. The van der Waals surface area contributed by atoms with E-state index in [4.69, 9.17) is 17.7 Å². The summed E-state index contributed by atoms with van der Waals surface area (Å²) < 4.78 is 23.7. The molecule has 0 aliphatic heterocycles. The number of rotatable bonds is 5. The van der Waals surface area contributed by atoms with Crippen molar-refractivity contribution in [3.05, 3.63) is 12.8 Å². The molecule has 0 unspecified atom stereocenters. The van der Waals surface area contributed by atoms with Crippen LogP contribution in [0.4, 0.5) is 0 Å². The minimum atomic E-state index is -3.32. The zero-order chi connectivity index (χ0) is 15.5. The summed E-state index contributed by atoms with van der Waals surface area (Å²) in [5.74, 6) is 0. The quantitative estimate of drug-likeness (QED) is 0.566. The van der Waals surface area contributed by atoms with Crippen LogP contribution in [-0.2, 0) is 17.7 Å². The molecule has 0 aromatic rings. The van der Waals surface area contributed by atoms with Crippen LogP contribution in [0.3, 0.4) is 0 Å². The lowest BCUT2D eigenvalue weighted by Gasteiger charge is -2.40. The summed E-state index contributed by atoms with van der Waals surface area (Å²) >= 11 is 0. The SMILES string of the molecule is C=CO[Si](OC(C)(C)C)(OC(C)(C)C)OC(C)(C)C. The second-order valence-corrected chi connectivity index (χ2v) is 9.28.